The summed E-state index contributed by atoms with van der Waals surface area (Å²) in [7, 11) is 0. The summed E-state index contributed by atoms with van der Waals surface area (Å²) in [5, 5.41) is 2.47. The van der Waals surface area contributed by atoms with Crippen molar-refractivity contribution in [2.75, 3.05) is 23.3 Å². The van der Waals surface area contributed by atoms with Crippen LogP contribution in [0.4, 0.5) is 28.9 Å². The van der Waals surface area contributed by atoms with E-state index in [1.54, 1.807) is 24.3 Å². The molecule has 0 atom stereocenters. The second kappa shape index (κ2) is 7.38. The van der Waals surface area contributed by atoms with Gasteiger partial charge in [-0.05, 0) is 37.1 Å². The lowest BCUT2D eigenvalue weighted by Crippen LogP contribution is -2.26. The number of aromatic nitrogens is 2. The second-order valence-corrected chi connectivity index (χ2v) is 6.88. The Morgan fingerprint density at radius 2 is 1.79 bits per heavy atom. The number of carbonyl (C=O) groups excluding carboxylic acids is 1. The highest BCUT2D eigenvalue weighted by Gasteiger charge is 2.38. The van der Waals surface area contributed by atoms with E-state index in [9.17, 15) is 22.4 Å². The van der Waals surface area contributed by atoms with Gasteiger partial charge >= 0.3 is 6.18 Å². The van der Waals surface area contributed by atoms with Gasteiger partial charge < -0.3 is 14.8 Å². The maximum absolute atomic E-state index is 14.4. The number of halogens is 4. The average Bonchev–Trinajstić information content (AvgIpc) is 3.32. The first-order valence-electron chi connectivity index (χ1n) is 9.20. The van der Waals surface area contributed by atoms with Crippen LogP contribution in [0.5, 0.6) is 0 Å². The van der Waals surface area contributed by atoms with E-state index in [0.717, 1.165) is 30.5 Å². The van der Waals surface area contributed by atoms with Gasteiger partial charge in [0.2, 0.25) is 11.7 Å². The molecule has 0 unspecified atom stereocenters. The third-order valence-electron chi connectivity index (χ3n) is 4.91. The molecule has 1 amide bonds. The molecule has 29 heavy (non-hydrogen) atoms. The number of fused-ring (bicyclic) bond motifs is 1. The molecule has 1 N–H and O–H groups in total. The summed E-state index contributed by atoms with van der Waals surface area (Å²) < 4.78 is 55.5. The Bertz CT molecular complexity index is 1050. The second-order valence-electron chi connectivity index (χ2n) is 6.88. The largest absolute Gasteiger partial charge is 0.449 e. The van der Waals surface area contributed by atoms with Crippen LogP contribution in [-0.2, 0) is 17.5 Å². The standard InChI is InChI=1S/C20H18F4N4O/c21-13-6-5-9-16(27-10-3-4-11-27)18(13)26-17(29)12-28-15-8-2-1-7-14(15)25-19(28)20(22,23)24/h1-2,5-9H,3-4,10-12H2,(H,26,29). The number of anilines is 2. The molecule has 1 aliphatic heterocycles. The van der Waals surface area contributed by atoms with Gasteiger partial charge in [0.25, 0.3) is 0 Å². The number of hydrogen-bond donors (Lipinski definition) is 1. The van der Waals surface area contributed by atoms with Gasteiger partial charge in [-0.15, -0.1) is 0 Å². The molecule has 5 nitrogen and oxygen atoms in total. The lowest BCUT2D eigenvalue weighted by Gasteiger charge is -2.22. The fourth-order valence-electron chi connectivity index (χ4n) is 3.63. The van der Waals surface area contributed by atoms with Crippen molar-refractivity contribution in [1.82, 2.24) is 9.55 Å². The first-order chi connectivity index (χ1) is 13.8. The Hall–Kier alpha value is -3.10. The van der Waals surface area contributed by atoms with Crippen molar-refractivity contribution >= 4 is 28.3 Å². The normalized spacial score (nSPS) is 14.6. The number of hydrogen-bond acceptors (Lipinski definition) is 3. The molecule has 1 saturated heterocycles. The summed E-state index contributed by atoms with van der Waals surface area (Å²) in [5.74, 6) is -2.55. The molecule has 1 aliphatic rings. The molecular formula is C20H18F4N4O. The zero-order chi connectivity index (χ0) is 20.6. The predicted octanol–water partition coefficient (Wildman–Crippen LogP) is 4.43. The molecule has 0 saturated carbocycles. The number of rotatable bonds is 4. The van der Waals surface area contributed by atoms with Crippen LogP contribution in [0.2, 0.25) is 0 Å². The minimum absolute atomic E-state index is 0.0163. The fraction of sp³-hybridized carbons (Fsp3) is 0.300. The van der Waals surface area contributed by atoms with Crippen molar-refractivity contribution in [3.63, 3.8) is 0 Å². The number of nitrogens with one attached hydrogen (secondary N) is 1. The molecule has 152 valence electrons. The SMILES string of the molecule is O=C(Cn1c(C(F)(F)F)nc2ccccc21)Nc1c(F)cccc1N1CCCC1. The molecule has 0 spiro atoms. The molecular weight excluding hydrogens is 388 g/mol. The molecule has 2 aromatic carbocycles. The predicted molar refractivity (Wildman–Crippen MR) is 101 cm³/mol. The van der Waals surface area contributed by atoms with E-state index in [4.69, 9.17) is 0 Å². The summed E-state index contributed by atoms with van der Waals surface area (Å²) in [6.07, 6.45) is -2.81. The Kier molecular flexibility index (Phi) is 4.89. The van der Waals surface area contributed by atoms with E-state index in [2.05, 4.69) is 10.3 Å². The van der Waals surface area contributed by atoms with Gasteiger partial charge in [0.1, 0.15) is 18.0 Å². The number of amides is 1. The molecule has 2 heterocycles. The van der Waals surface area contributed by atoms with Crippen molar-refractivity contribution in [3.8, 4) is 0 Å². The first-order valence-corrected chi connectivity index (χ1v) is 9.20. The van der Waals surface area contributed by atoms with E-state index >= 15 is 0 Å². The fourth-order valence-corrected chi connectivity index (χ4v) is 3.63. The summed E-state index contributed by atoms with van der Waals surface area (Å²) >= 11 is 0. The van der Waals surface area contributed by atoms with E-state index in [-0.39, 0.29) is 16.7 Å². The lowest BCUT2D eigenvalue weighted by atomic mass is 10.2. The highest BCUT2D eigenvalue weighted by atomic mass is 19.4. The van der Waals surface area contributed by atoms with Crippen molar-refractivity contribution in [3.05, 3.63) is 54.1 Å². The Balaban J connectivity index is 1.65. The quantitative estimate of drug-likeness (QED) is 0.652. The molecule has 0 aliphatic carbocycles. The number of carbonyl (C=O) groups is 1. The van der Waals surface area contributed by atoms with Crippen molar-refractivity contribution in [2.24, 2.45) is 0 Å². The van der Waals surface area contributed by atoms with Crippen LogP contribution in [-0.4, -0.2) is 28.5 Å². The van der Waals surface area contributed by atoms with Crippen molar-refractivity contribution in [2.45, 2.75) is 25.6 Å². The smallest absolute Gasteiger partial charge is 0.370 e. The third kappa shape index (κ3) is 3.76. The molecule has 0 bridgehead atoms. The monoisotopic (exact) mass is 406 g/mol. The Morgan fingerprint density at radius 3 is 2.52 bits per heavy atom. The minimum Gasteiger partial charge on any atom is -0.370 e. The van der Waals surface area contributed by atoms with Crippen LogP contribution < -0.4 is 10.2 Å². The molecule has 1 fully saturated rings. The molecule has 9 heteroatoms. The number of para-hydroxylation sites is 3. The van der Waals surface area contributed by atoms with Gasteiger partial charge in [0.05, 0.1) is 16.7 Å². The van der Waals surface area contributed by atoms with Gasteiger partial charge in [-0.25, -0.2) is 9.37 Å². The maximum Gasteiger partial charge on any atom is 0.449 e. The summed E-state index contributed by atoms with van der Waals surface area (Å²) in [5.41, 5.74) is 0.833. The van der Waals surface area contributed by atoms with Crippen molar-refractivity contribution in [1.29, 1.82) is 0 Å². The number of imidazole rings is 1. The van der Waals surface area contributed by atoms with Gasteiger partial charge in [0.15, 0.2) is 0 Å². The molecule has 4 rings (SSSR count). The van der Waals surface area contributed by atoms with Crippen molar-refractivity contribution < 1.29 is 22.4 Å². The van der Waals surface area contributed by atoms with Gasteiger partial charge in [-0.3, -0.25) is 4.79 Å². The topological polar surface area (TPSA) is 50.2 Å². The van der Waals surface area contributed by atoms with Gasteiger partial charge in [-0.2, -0.15) is 13.2 Å². The third-order valence-corrected chi connectivity index (χ3v) is 4.91. The summed E-state index contributed by atoms with van der Waals surface area (Å²) in [6.45, 7) is 0.830. The molecule has 0 radical (unpaired) electrons. The van der Waals surface area contributed by atoms with Crippen LogP contribution in [0.25, 0.3) is 11.0 Å². The number of benzene rings is 2. The van der Waals surface area contributed by atoms with Crippen LogP contribution in [0.3, 0.4) is 0 Å². The Labute approximate surface area is 163 Å². The summed E-state index contributed by atoms with van der Waals surface area (Å²) in [4.78, 5) is 18.2. The summed E-state index contributed by atoms with van der Waals surface area (Å²) in [6, 6.07) is 10.5. The van der Waals surface area contributed by atoms with Crippen LogP contribution >= 0.6 is 0 Å². The van der Waals surface area contributed by atoms with Crippen LogP contribution in [0.1, 0.15) is 18.7 Å². The highest BCUT2D eigenvalue weighted by Crippen LogP contribution is 2.33. The average molecular weight is 406 g/mol. The lowest BCUT2D eigenvalue weighted by molar-refractivity contribution is -0.147. The number of nitrogens with zero attached hydrogens (tertiary/aromatic N) is 3. The zero-order valence-corrected chi connectivity index (χ0v) is 15.3. The zero-order valence-electron chi connectivity index (χ0n) is 15.3. The van der Waals surface area contributed by atoms with E-state index in [1.807, 2.05) is 4.90 Å². The first kappa shape index (κ1) is 19.2. The van der Waals surface area contributed by atoms with Crippen LogP contribution in [0, 0.1) is 5.82 Å². The van der Waals surface area contributed by atoms with Gasteiger partial charge in [-0.1, -0.05) is 18.2 Å². The van der Waals surface area contributed by atoms with Crippen LogP contribution in [0.15, 0.2) is 42.5 Å². The van der Waals surface area contributed by atoms with E-state index in [0.29, 0.717) is 5.69 Å². The highest BCUT2D eigenvalue weighted by molar-refractivity contribution is 5.95. The number of alkyl halides is 3. The van der Waals surface area contributed by atoms with Gasteiger partial charge in [0, 0.05) is 13.1 Å². The molecule has 1 aromatic heterocycles. The molecule has 3 aromatic rings. The Morgan fingerprint density at radius 1 is 1.07 bits per heavy atom. The van der Waals surface area contributed by atoms with E-state index in [1.165, 1.54) is 18.2 Å². The van der Waals surface area contributed by atoms with E-state index < -0.39 is 30.3 Å². The maximum atomic E-state index is 14.4. The minimum atomic E-state index is -4.72.